The zero-order valence-corrected chi connectivity index (χ0v) is 11.3. The van der Waals surface area contributed by atoms with E-state index in [1.807, 2.05) is 6.92 Å². The van der Waals surface area contributed by atoms with E-state index in [4.69, 9.17) is 0 Å². The molecule has 0 aromatic heterocycles. The third kappa shape index (κ3) is 3.61. The van der Waals surface area contributed by atoms with Crippen molar-refractivity contribution < 1.29 is 8.78 Å². The summed E-state index contributed by atoms with van der Waals surface area (Å²) in [5.41, 5.74) is 1.87. The van der Waals surface area contributed by atoms with E-state index in [0.717, 1.165) is 43.7 Å². The lowest BCUT2D eigenvalue weighted by molar-refractivity contribution is 0.172. The van der Waals surface area contributed by atoms with Crippen molar-refractivity contribution in [2.75, 3.05) is 26.2 Å². The third-order valence-electron chi connectivity index (χ3n) is 3.46. The zero-order chi connectivity index (χ0) is 13.8. The summed E-state index contributed by atoms with van der Waals surface area (Å²) in [5, 5.41) is 3.30. The lowest BCUT2D eigenvalue weighted by atomic mass is 9.98. The molecule has 2 rings (SSSR count). The Bertz CT molecular complexity index is 453. The Morgan fingerprint density at radius 2 is 2.00 bits per heavy atom. The topological polar surface area (TPSA) is 15.3 Å². The Balaban J connectivity index is 2.24. The normalized spacial score (nSPS) is 18.3. The highest BCUT2D eigenvalue weighted by Gasteiger charge is 2.23. The first-order chi connectivity index (χ1) is 9.08. The number of nitrogens with zero attached hydrogens (tertiary/aromatic N) is 1. The molecule has 1 atom stereocenters. The zero-order valence-electron chi connectivity index (χ0n) is 11.3. The van der Waals surface area contributed by atoms with Gasteiger partial charge in [0.05, 0.1) is 0 Å². The SMILES string of the molecule is C=C(C)C[C@H](c1ccc(F)c(F)c1)N1CCNCC1. The van der Waals surface area contributed by atoms with Gasteiger partial charge in [0.2, 0.25) is 0 Å². The van der Waals surface area contributed by atoms with Crippen LogP contribution in [0.5, 0.6) is 0 Å². The maximum absolute atomic E-state index is 13.4. The summed E-state index contributed by atoms with van der Waals surface area (Å²) in [6.45, 7) is 9.59. The van der Waals surface area contributed by atoms with Crippen molar-refractivity contribution in [2.45, 2.75) is 19.4 Å². The van der Waals surface area contributed by atoms with Crippen LogP contribution in [0.3, 0.4) is 0 Å². The number of nitrogens with one attached hydrogen (secondary N) is 1. The molecule has 19 heavy (non-hydrogen) atoms. The van der Waals surface area contributed by atoms with E-state index in [-0.39, 0.29) is 6.04 Å². The fraction of sp³-hybridized carbons (Fsp3) is 0.467. The second kappa shape index (κ2) is 6.26. The van der Waals surface area contributed by atoms with Gasteiger partial charge in [0.15, 0.2) is 11.6 Å². The van der Waals surface area contributed by atoms with Crippen molar-refractivity contribution in [1.29, 1.82) is 0 Å². The largest absolute Gasteiger partial charge is 0.314 e. The molecule has 0 aliphatic carbocycles. The molecule has 0 amide bonds. The molecule has 0 radical (unpaired) electrons. The highest BCUT2D eigenvalue weighted by atomic mass is 19.2. The number of hydrogen-bond donors (Lipinski definition) is 1. The maximum atomic E-state index is 13.4. The van der Waals surface area contributed by atoms with Gasteiger partial charge in [-0.25, -0.2) is 8.78 Å². The van der Waals surface area contributed by atoms with Crippen LogP contribution >= 0.6 is 0 Å². The van der Waals surface area contributed by atoms with Crippen LogP contribution in [0, 0.1) is 11.6 Å². The van der Waals surface area contributed by atoms with Gasteiger partial charge >= 0.3 is 0 Å². The number of rotatable bonds is 4. The molecule has 1 fully saturated rings. The highest BCUT2D eigenvalue weighted by molar-refractivity contribution is 5.23. The number of piperazine rings is 1. The summed E-state index contributed by atoms with van der Waals surface area (Å²) in [6, 6.07) is 4.27. The van der Waals surface area contributed by atoms with Gasteiger partial charge in [0.1, 0.15) is 0 Å². The molecule has 1 saturated heterocycles. The van der Waals surface area contributed by atoms with Crippen molar-refractivity contribution in [1.82, 2.24) is 10.2 Å². The van der Waals surface area contributed by atoms with Crippen LogP contribution in [0.2, 0.25) is 0 Å². The van der Waals surface area contributed by atoms with Gasteiger partial charge in [-0.15, -0.1) is 6.58 Å². The van der Waals surface area contributed by atoms with Crippen LogP contribution < -0.4 is 5.32 Å². The third-order valence-corrected chi connectivity index (χ3v) is 3.46. The number of hydrogen-bond acceptors (Lipinski definition) is 2. The minimum Gasteiger partial charge on any atom is -0.314 e. The molecule has 1 N–H and O–H groups in total. The Morgan fingerprint density at radius 1 is 1.32 bits per heavy atom. The van der Waals surface area contributed by atoms with Gasteiger partial charge in [0, 0.05) is 32.2 Å². The quantitative estimate of drug-likeness (QED) is 0.843. The Kier molecular flexibility index (Phi) is 4.66. The smallest absolute Gasteiger partial charge is 0.159 e. The van der Waals surface area contributed by atoms with E-state index < -0.39 is 11.6 Å². The van der Waals surface area contributed by atoms with Crippen molar-refractivity contribution >= 4 is 0 Å². The van der Waals surface area contributed by atoms with Crippen molar-refractivity contribution in [2.24, 2.45) is 0 Å². The predicted molar refractivity (Wildman–Crippen MR) is 73.0 cm³/mol. The van der Waals surface area contributed by atoms with Crippen LogP contribution in [0.15, 0.2) is 30.4 Å². The van der Waals surface area contributed by atoms with Crippen LogP contribution in [-0.2, 0) is 0 Å². The molecule has 0 bridgehead atoms. The van der Waals surface area contributed by atoms with Gasteiger partial charge in [-0.1, -0.05) is 11.6 Å². The summed E-state index contributed by atoms with van der Waals surface area (Å²) in [6.07, 6.45) is 0.769. The average Bonchev–Trinajstić information content (AvgIpc) is 2.40. The monoisotopic (exact) mass is 266 g/mol. The molecule has 1 aliphatic rings. The molecule has 1 aliphatic heterocycles. The molecule has 1 aromatic rings. The lowest BCUT2D eigenvalue weighted by Gasteiger charge is -2.35. The molecule has 1 heterocycles. The summed E-state index contributed by atoms with van der Waals surface area (Å²) < 4.78 is 26.5. The Morgan fingerprint density at radius 3 is 2.58 bits per heavy atom. The van der Waals surface area contributed by atoms with Crippen molar-refractivity contribution in [3.8, 4) is 0 Å². The van der Waals surface area contributed by atoms with Crippen molar-refractivity contribution in [3.63, 3.8) is 0 Å². The van der Waals surface area contributed by atoms with E-state index in [1.54, 1.807) is 6.07 Å². The van der Waals surface area contributed by atoms with E-state index in [0.29, 0.717) is 0 Å². The molecule has 0 spiro atoms. The molecule has 104 valence electrons. The van der Waals surface area contributed by atoms with Gasteiger partial charge in [-0.2, -0.15) is 0 Å². The first-order valence-electron chi connectivity index (χ1n) is 6.62. The summed E-state index contributed by atoms with van der Waals surface area (Å²) in [7, 11) is 0. The predicted octanol–water partition coefficient (Wildman–Crippen LogP) is 2.88. The van der Waals surface area contributed by atoms with E-state index in [9.17, 15) is 8.78 Å². The second-order valence-corrected chi connectivity index (χ2v) is 5.14. The fourth-order valence-electron chi connectivity index (χ4n) is 2.50. The first-order valence-corrected chi connectivity index (χ1v) is 6.62. The van der Waals surface area contributed by atoms with Gasteiger partial charge in [-0.3, -0.25) is 4.90 Å². The minimum absolute atomic E-state index is 0.0784. The molecule has 0 unspecified atom stereocenters. The summed E-state index contributed by atoms with van der Waals surface area (Å²) in [5.74, 6) is -1.57. The van der Waals surface area contributed by atoms with E-state index in [2.05, 4.69) is 16.8 Å². The minimum atomic E-state index is -0.793. The molecule has 1 aromatic carbocycles. The first kappa shape index (κ1) is 14.2. The summed E-state index contributed by atoms with van der Waals surface area (Å²) >= 11 is 0. The summed E-state index contributed by atoms with van der Waals surface area (Å²) in [4.78, 5) is 2.30. The Labute approximate surface area is 113 Å². The average molecular weight is 266 g/mol. The maximum Gasteiger partial charge on any atom is 0.159 e. The molecular formula is C15H20F2N2. The van der Waals surface area contributed by atoms with Crippen LogP contribution in [0.1, 0.15) is 24.9 Å². The second-order valence-electron chi connectivity index (χ2n) is 5.14. The molecule has 2 nitrogen and oxygen atoms in total. The van der Waals surface area contributed by atoms with Gasteiger partial charge < -0.3 is 5.32 Å². The van der Waals surface area contributed by atoms with Gasteiger partial charge in [-0.05, 0) is 31.0 Å². The van der Waals surface area contributed by atoms with Crippen LogP contribution in [0.4, 0.5) is 8.78 Å². The standard InChI is InChI=1S/C15H20F2N2/c1-11(2)9-15(19-7-5-18-6-8-19)12-3-4-13(16)14(17)10-12/h3-4,10,15,18H,1,5-9H2,2H3/t15-/m1/s1. The lowest BCUT2D eigenvalue weighted by Crippen LogP contribution is -2.45. The molecule has 0 saturated carbocycles. The number of benzene rings is 1. The van der Waals surface area contributed by atoms with Crippen LogP contribution in [0.25, 0.3) is 0 Å². The molecular weight excluding hydrogens is 246 g/mol. The number of halogens is 2. The molecule has 4 heteroatoms. The Hall–Kier alpha value is -1.26. The van der Waals surface area contributed by atoms with E-state index in [1.165, 1.54) is 12.1 Å². The van der Waals surface area contributed by atoms with Crippen LogP contribution in [-0.4, -0.2) is 31.1 Å². The van der Waals surface area contributed by atoms with Crippen molar-refractivity contribution in [3.05, 3.63) is 47.5 Å². The highest BCUT2D eigenvalue weighted by Crippen LogP contribution is 2.28. The van der Waals surface area contributed by atoms with E-state index >= 15 is 0 Å². The van der Waals surface area contributed by atoms with Gasteiger partial charge in [0.25, 0.3) is 0 Å². The fourth-order valence-corrected chi connectivity index (χ4v) is 2.50.